The van der Waals surface area contributed by atoms with Gasteiger partial charge < -0.3 is 20.7 Å². The quantitative estimate of drug-likeness (QED) is 0.578. The summed E-state index contributed by atoms with van der Waals surface area (Å²) in [5, 5.41) is 9.29. The Kier molecular flexibility index (Phi) is 6.13. The van der Waals surface area contributed by atoms with Gasteiger partial charge in [0.1, 0.15) is 6.67 Å². The molecule has 2 fully saturated rings. The van der Waals surface area contributed by atoms with Crippen LogP contribution in [-0.4, -0.2) is 31.3 Å². The lowest BCUT2D eigenvalue weighted by Gasteiger charge is -2.43. The maximum atomic E-state index is 13.2. The molecular formula is C23H25F4N3O2. The molecule has 2 aromatic carbocycles. The number of alkyl halides is 4. The monoisotopic (exact) mass is 451 g/mol. The molecule has 2 saturated heterocycles. The summed E-state index contributed by atoms with van der Waals surface area (Å²) in [5.74, 6) is 0. The number of fused-ring (bicyclic) bond motifs is 1. The van der Waals surface area contributed by atoms with Crippen LogP contribution in [0.25, 0.3) is 0 Å². The van der Waals surface area contributed by atoms with Crippen LogP contribution in [0.4, 0.5) is 22.4 Å². The zero-order valence-electron chi connectivity index (χ0n) is 17.5. The number of urea groups is 1. The molecule has 4 rings (SSSR count). The first-order valence-corrected chi connectivity index (χ1v) is 10.5. The number of amides is 2. The summed E-state index contributed by atoms with van der Waals surface area (Å²) in [6.07, 6.45) is -4.72. The molecule has 2 aromatic rings. The maximum Gasteiger partial charge on any atom is 0.416 e. The Morgan fingerprint density at radius 2 is 1.84 bits per heavy atom. The topological polar surface area (TPSA) is 62.4 Å². The Morgan fingerprint density at radius 3 is 2.53 bits per heavy atom. The zero-order chi connectivity index (χ0) is 22.9. The van der Waals surface area contributed by atoms with Crippen molar-refractivity contribution in [3.05, 3.63) is 70.8 Å². The van der Waals surface area contributed by atoms with E-state index in [-0.39, 0.29) is 35.8 Å². The second-order valence-corrected chi connectivity index (χ2v) is 8.41. The van der Waals surface area contributed by atoms with Gasteiger partial charge in [-0.15, -0.1) is 0 Å². The largest absolute Gasteiger partial charge is 0.416 e. The molecule has 0 bridgehead atoms. The van der Waals surface area contributed by atoms with Crippen molar-refractivity contribution in [2.75, 3.05) is 13.2 Å². The SMILES string of the molecule is C[C@@H](OC[C@@]1(c2ccccc2)C[C@H]2NC(=O)NC2CN1)c1cc(CF)cc(C(F)(F)F)c1. The van der Waals surface area contributed by atoms with Gasteiger partial charge in [-0.05, 0) is 42.2 Å². The Hall–Kier alpha value is -2.65. The van der Waals surface area contributed by atoms with Crippen molar-refractivity contribution in [3.8, 4) is 0 Å². The van der Waals surface area contributed by atoms with Gasteiger partial charge in [0.05, 0.1) is 35.9 Å². The molecule has 3 N–H and O–H groups in total. The summed E-state index contributed by atoms with van der Waals surface area (Å²) in [5.41, 5.74) is -0.350. The zero-order valence-corrected chi connectivity index (χ0v) is 17.5. The Labute approximate surface area is 183 Å². The number of carbonyl (C=O) groups is 1. The Balaban J connectivity index is 1.57. The van der Waals surface area contributed by atoms with E-state index in [0.717, 1.165) is 17.7 Å². The first-order chi connectivity index (χ1) is 15.2. The van der Waals surface area contributed by atoms with Crippen molar-refractivity contribution in [2.24, 2.45) is 0 Å². The number of carbonyl (C=O) groups excluding carboxylic acids is 1. The lowest BCUT2D eigenvalue weighted by Crippen LogP contribution is -2.60. The van der Waals surface area contributed by atoms with Gasteiger partial charge in [-0.2, -0.15) is 13.2 Å². The molecule has 2 aliphatic heterocycles. The van der Waals surface area contributed by atoms with E-state index in [2.05, 4.69) is 16.0 Å². The number of hydrogen-bond donors (Lipinski definition) is 3. The van der Waals surface area contributed by atoms with Crippen LogP contribution in [0.2, 0.25) is 0 Å². The van der Waals surface area contributed by atoms with Crippen molar-refractivity contribution in [2.45, 2.75) is 49.9 Å². The van der Waals surface area contributed by atoms with E-state index in [9.17, 15) is 22.4 Å². The minimum absolute atomic E-state index is 0.0403. The second-order valence-electron chi connectivity index (χ2n) is 8.41. The highest BCUT2D eigenvalue weighted by molar-refractivity contribution is 5.77. The molecule has 1 unspecified atom stereocenters. The van der Waals surface area contributed by atoms with Gasteiger partial charge in [-0.25, -0.2) is 9.18 Å². The summed E-state index contributed by atoms with van der Waals surface area (Å²) in [4.78, 5) is 11.8. The molecule has 32 heavy (non-hydrogen) atoms. The number of ether oxygens (including phenoxy) is 1. The fraction of sp³-hybridized carbons (Fsp3) is 0.435. The van der Waals surface area contributed by atoms with E-state index in [1.807, 2.05) is 30.3 Å². The molecule has 2 heterocycles. The van der Waals surface area contributed by atoms with Crippen LogP contribution in [0.15, 0.2) is 48.5 Å². The number of rotatable bonds is 6. The molecule has 0 spiro atoms. The van der Waals surface area contributed by atoms with Crippen molar-refractivity contribution in [1.29, 1.82) is 0 Å². The summed E-state index contributed by atoms with van der Waals surface area (Å²) in [7, 11) is 0. The Morgan fingerprint density at radius 1 is 1.12 bits per heavy atom. The van der Waals surface area contributed by atoms with Crippen LogP contribution >= 0.6 is 0 Å². The van der Waals surface area contributed by atoms with Crippen molar-refractivity contribution in [3.63, 3.8) is 0 Å². The van der Waals surface area contributed by atoms with Crippen LogP contribution in [0, 0.1) is 0 Å². The third-order valence-corrected chi connectivity index (χ3v) is 6.22. The summed E-state index contributed by atoms with van der Waals surface area (Å²) in [6, 6.07) is 12.5. The third kappa shape index (κ3) is 4.59. The molecule has 9 heteroatoms. The average molecular weight is 451 g/mol. The fourth-order valence-electron chi connectivity index (χ4n) is 4.45. The molecular weight excluding hydrogens is 426 g/mol. The van der Waals surface area contributed by atoms with Crippen LogP contribution in [0.3, 0.4) is 0 Å². The molecule has 0 saturated carbocycles. The van der Waals surface area contributed by atoms with Gasteiger partial charge in [-0.1, -0.05) is 36.4 Å². The first kappa shape index (κ1) is 22.5. The number of halogens is 4. The van der Waals surface area contributed by atoms with E-state index < -0.39 is 30.1 Å². The van der Waals surface area contributed by atoms with Crippen LogP contribution < -0.4 is 16.0 Å². The van der Waals surface area contributed by atoms with Crippen LogP contribution in [0.5, 0.6) is 0 Å². The molecule has 0 aliphatic carbocycles. The highest BCUT2D eigenvalue weighted by atomic mass is 19.4. The predicted octanol–water partition coefficient (Wildman–Crippen LogP) is 4.19. The van der Waals surface area contributed by atoms with E-state index in [4.69, 9.17) is 4.74 Å². The summed E-state index contributed by atoms with van der Waals surface area (Å²) >= 11 is 0. The van der Waals surface area contributed by atoms with E-state index in [1.54, 1.807) is 6.92 Å². The molecule has 2 aliphatic rings. The van der Waals surface area contributed by atoms with E-state index >= 15 is 0 Å². The maximum absolute atomic E-state index is 13.2. The number of hydrogen-bond acceptors (Lipinski definition) is 3. The van der Waals surface area contributed by atoms with Gasteiger partial charge >= 0.3 is 12.2 Å². The molecule has 5 nitrogen and oxygen atoms in total. The number of piperidine rings is 1. The minimum Gasteiger partial charge on any atom is -0.372 e. The van der Waals surface area contributed by atoms with Crippen molar-refractivity contribution >= 4 is 6.03 Å². The number of benzene rings is 2. The van der Waals surface area contributed by atoms with Crippen LogP contribution in [-0.2, 0) is 23.1 Å². The van der Waals surface area contributed by atoms with Gasteiger partial charge in [-0.3, -0.25) is 0 Å². The van der Waals surface area contributed by atoms with E-state index in [0.29, 0.717) is 13.0 Å². The van der Waals surface area contributed by atoms with Crippen molar-refractivity contribution in [1.82, 2.24) is 16.0 Å². The lowest BCUT2D eigenvalue weighted by atomic mass is 9.79. The average Bonchev–Trinajstić information content (AvgIpc) is 3.16. The standard InChI is InChI=1S/C23H25F4N3O2/c1-14(16-7-15(11-24)8-18(9-16)23(25,26)27)32-13-22(17-5-3-2-4-6-17)10-19-20(12-28-22)30-21(31)29-19/h2-9,14,19-20,28H,10-13H2,1H3,(H2,29,30,31)/t14-,19-,20?,22-/m1/s1. The molecule has 2 amide bonds. The van der Waals surface area contributed by atoms with Crippen molar-refractivity contribution < 1.29 is 27.1 Å². The van der Waals surface area contributed by atoms with Gasteiger partial charge in [0.25, 0.3) is 0 Å². The summed E-state index contributed by atoms with van der Waals surface area (Å²) in [6.45, 7) is 1.35. The van der Waals surface area contributed by atoms with Gasteiger partial charge in [0.15, 0.2) is 0 Å². The first-order valence-electron chi connectivity index (χ1n) is 10.5. The highest BCUT2D eigenvalue weighted by Crippen LogP contribution is 2.36. The highest BCUT2D eigenvalue weighted by Gasteiger charge is 2.46. The van der Waals surface area contributed by atoms with Gasteiger partial charge in [0, 0.05) is 6.54 Å². The summed E-state index contributed by atoms with van der Waals surface area (Å²) < 4.78 is 59.0. The fourth-order valence-corrected chi connectivity index (χ4v) is 4.45. The Bertz CT molecular complexity index is 969. The molecule has 0 aromatic heterocycles. The molecule has 172 valence electrons. The third-order valence-electron chi connectivity index (χ3n) is 6.22. The second kappa shape index (κ2) is 8.71. The van der Waals surface area contributed by atoms with Gasteiger partial charge in [0.2, 0.25) is 0 Å². The lowest BCUT2D eigenvalue weighted by molar-refractivity contribution is -0.137. The smallest absolute Gasteiger partial charge is 0.372 e. The predicted molar refractivity (Wildman–Crippen MR) is 111 cm³/mol. The minimum atomic E-state index is -4.57. The number of nitrogens with one attached hydrogen (secondary N) is 3. The molecule has 0 radical (unpaired) electrons. The normalized spacial score (nSPS) is 26.2. The van der Waals surface area contributed by atoms with Crippen LogP contribution in [0.1, 0.15) is 41.7 Å². The van der Waals surface area contributed by atoms with E-state index in [1.165, 1.54) is 6.07 Å². The molecule has 4 atom stereocenters.